The molecule has 0 aliphatic heterocycles. The van der Waals surface area contributed by atoms with Gasteiger partial charge in [-0.25, -0.2) is 10.3 Å². The molecule has 8 nitrogen and oxygen atoms in total. The minimum atomic E-state index is -0.579. The van der Waals surface area contributed by atoms with E-state index in [1.165, 1.54) is 37.7 Å². The quantitative estimate of drug-likeness (QED) is 0.113. The topological polar surface area (TPSA) is 124 Å². The van der Waals surface area contributed by atoms with Crippen LogP contribution in [0.3, 0.4) is 0 Å². The molecule has 0 saturated heterocycles. The van der Waals surface area contributed by atoms with Crippen LogP contribution in [0.4, 0.5) is 10.5 Å². The Bertz CT molecular complexity index is 1580. The Morgan fingerprint density at radius 2 is 1.51 bits per heavy atom. The third-order valence-corrected chi connectivity index (χ3v) is 7.93. The van der Waals surface area contributed by atoms with E-state index >= 15 is 0 Å². The Balaban J connectivity index is 1.37. The molecule has 0 radical (unpaired) electrons. The Hall–Kier alpha value is -5.11. The Kier molecular flexibility index (Phi) is 9.69. The highest BCUT2D eigenvalue weighted by molar-refractivity contribution is 6.02. The third kappa shape index (κ3) is 7.60. The van der Waals surface area contributed by atoms with Crippen LogP contribution in [-0.2, 0) is 13.1 Å². The van der Waals surface area contributed by atoms with Gasteiger partial charge < -0.3 is 11.1 Å². The second-order valence-electron chi connectivity index (χ2n) is 10.8. The van der Waals surface area contributed by atoms with Crippen molar-refractivity contribution in [1.82, 2.24) is 5.32 Å². The smallest absolute Gasteiger partial charge is 0.322 e. The van der Waals surface area contributed by atoms with Crippen molar-refractivity contribution in [2.45, 2.75) is 51.1 Å². The van der Waals surface area contributed by atoms with Crippen LogP contribution in [0.15, 0.2) is 113 Å². The number of benzene rings is 4. The van der Waals surface area contributed by atoms with Crippen molar-refractivity contribution in [2.75, 3.05) is 4.90 Å². The van der Waals surface area contributed by atoms with Crippen molar-refractivity contribution in [1.29, 1.82) is 5.53 Å². The van der Waals surface area contributed by atoms with Crippen LogP contribution in [0.2, 0.25) is 0 Å². The van der Waals surface area contributed by atoms with Crippen LogP contribution in [0, 0.1) is 5.53 Å². The second kappa shape index (κ2) is 14.2. The fraction of sp³-hybridized carbons (Fsp3) is 0.229. The minimum absolute atomic E-state index is 0.220. The number of anilines is 1. The van der Waals surface area contributed by atoms with Gasteiger partial charge in [0.1, 0.15) is 0 Å². The summed E-state index contributed by atoms with van der Waals surface area (Å²) < 4.78 is 0. The summed E-state index contributed by atoms with van der Waals surface area (Å²) in [6, 6.07) is 33.2. The van der Waals surface area contributed by atoms with E-state index < -0.39 is 11.9 Å². The van der Waals surface area contributed by atoms with Crippen molar-refractivity contribution >= 4 is 23.6 Å². The number of nitrogens with two attached hydrogens (primary N) is 1. The third-order valence-electron chi connectivity index (χ3n) is 7.93. The van der Waals surface area contributed by atoms with Gasteiger partial charge in [-0.15, -0.1) is 5.11 Å². The molecule has 0 bridgehead atoms. The molecule has 43 heavy (non-hydrogen) atoms. The number of nitrogens with one attached hydrogen (secondary N) is 2. The van der Waals surface area contributed by atoms with Crippen LogP contribution in [0.25, 0.3) is 11.1 Å². The maximum atomic E-state index is 13.8. The van der Waals surface area contributed by atoms with Crippen molar-refractivity contribution in [3.05, 3.63) is 125 Å². The van der Waals surface area contributed by atoms with Crippen molar-refractivity contribution < 1.29 is 9.59 Å². The van der Waals surface area contributed by atoms with E-state index in [2.05, 4.69) is 45.8 Å². The summed E-state index contributed by atoms with van der Waals surface area (Å²) >= 11 is 0. The largest absolute Gasteiger partial charge is 0.366 e. The van der Waals surface area contributed by atoms with E-state index in [-0.39, 0.29) is 6.03 Å². The van der Waals surface area contributed by atoms with Gasteiger partial charge in [-0.1, -0.05) is 98.1 Å². The van der Waals surface area contributed by atoms with Crippen molar-refractivity contribution in [3.8, 4) is 11.1 Å². The summed E-state index contributed by atoms with van der Waals surface area (Å²) in [5.41, 5.74) is 18.8. The number of carbonyl (C=O) groups excluding carboxylic acids is 2. The molecule has 8 heteroatoms. The second-order valence-corrected chi connectivity index (χ2v) is 10.8. The fourth-order valence-electron chi connectivity index (χ4n) is 5.61. The lowest BCUT2D eigenvalue weighted by Gasteiger charge is -2.26. The first-order valence-corrected chi connectivity index (χ1v) is 14.7. The van der Waals surface area contributed by atoms with Crippen LogP contribution >= 0.6 is 0 Å². The molecule has 4 aromatic rings. The molecule has 3 amide bonds. The summed E-state index contributed by atoms with van der Waals surface area (Å²) in [6.07, 6.45) is 6.25. The normalized spacial score (nSPS) is 13.7. The first kappa shape index (κ1) is 29.4. The van der Waals surface area contributed by atoms with Gasteiger partial charge in [0.15, 0.2) is 0 Å². The predicted octanol–water partition coefficient (Wildman–Crippen LogP) is 7.80. The van der Waals surface area contributed by atoms with E-state index in [1.807, 2.05) is 48.5 Å². The lowest BCUT2D eigenvalue weighted by molar-refractivity contribution is 0.100. The van der Waals surface area contributed by atoms with Gasteiger partial charge in [-0.05, 0) is 70.8 Å². The zero-order valence-electron chi connectivity index (χ0n) is 24.1. The maximum Gasteiger partial charge on any atom is 0.322 e. The first-order chi connectivity index (χ1) is 21.0. The Morgan fingerprint density at radius 1 is 0.837 bits per heavy atom. The number of hydrogen-bond acceptors (Lipinski definition) is 3. The van der Waals surface area contributed by atoms with E-state index in [9.17, 15) is 9.59 Å². The minimum Gasteiger partial charge on any atom is -0.366 e. The average molecular weight is 573 g/mol. The van der Waals surface area contributed by atoms with Crippen LogP contribution in [0.5, 0.6) is 0 Å². The Labute approximate surface area is 252 Å². The maximum absolute atomic E-state index is 13.8. The molecule has 4 aromatic carbocycles. The molecular weight excluding hydrogens is 536 g/mol. The number of rotatable bonds is 8. The van der Waals surface area contributed by atoms with Gasteiger partial charge in [0.25, 0.3) is 5.91 Å². The fourth-order valence-corrected chi connectivity index (χ4v) is 5.61. The highest BCUT2D eigenvalue weighted by Crippen LogP contribution is 2.33. The number of hydrogen-bond donors (Lipinski definition) is 3. The SMILES string of the molecule is N=NC(N)=NC(=O)c1ccc(CN(C(=O)NCc2ccccc2-c2ccccc2)c2ccc(C3CCCCC3)cc2)cc1. The summed E-state index contributed by atoms with van der Waals surface area (Å²) in [7, 11) is 0. The predicted molar refractivity (Wildman–Crippen MR) is 170 cm³/mol. The highest BCUT2D eigenvalue weighted by Gasteiger charge is 2.20. The molecule has 0 aromatic heterocycles. The van der Waals surface area contributed by atoms with Crippen LogP contribution < -0.4 is 16.0 Å². The van der Waals surface area contributed by atoms with Gasteiger partial charge in [0.2, 0.25) is 5.96 Å². The summed E-state index contributed by atoms with van der Waals surface area (Å²) in [4.78, 5) is 31.4. The van der Waals surface area contributed by atoms with Crippen molar-refractivity contribution in [3.63, 3.8) is 0 Å². The van der Waals surface area contributed by atoms with E-state index in [4.69, 9.17) is 11.3 Å². The van der Waals surface area contributed by atoms with E-state index in [0.29, 0.717) is 24.6 Å². The van der Waals surface area contributed by atoms with Gasteiger partial charge in [-0.2, -0.15) is 4.99 Å². The lowest BCUT2D eigenvalue weighted by atomic mass is 9.84. The standard InChI is InChI=1S/C35H36N6O2/c36-34(40-37)39-33(42)29-17-15-25(16-18-29)24-41(31-21-19-27(20-22-31)26-9-3-1-4-10-26)35(43)38-23-30-13-7-8-14-32(30)28-11-5-2-6-12-28/h2,5-8,11-22,26,37H,1,3-4,9-10,23-24H2,(H,38,43)(H2,36,39,42). The molecule has 0 spiro atoms. The number of carbonyl (C=O) groups is 2. The number of guanidine groups is 1. The molecular formula is C35H36N6O2. The molecule has 1 fully saturated rings. The molecule has 4 N–H and O–H groups in total. The van der Waals surface area contributed by atoms with E-state index in [0.717, 1.165) is 27.9 Å². The molecule has 0 atom stereocenters. The van der Waals surface area contributed by atoms with Gasteiger partial charge in [0.05, 0.1) is 6.54 Å². The van der Waals surface area contributed by atoms with Gasteiger partial charge >= 0.3 is 6.03 Å². The van der Waals surface area contributed by atoms with Gasteiger partial charge in [0, 0.05) is 17.8 Å². The molecule has 0 unspecified atom stereocenters. The summed E-state index contributed by atoms with van der Waals surface area (Å²) in [5.74, 6) is -0.406. The zero-order chi connectivity index (χ0) is 30.0. The average Bonchev–Trinajstić information content (AvgIpc) is 3.07. The summed E-state index contributed by atoms with van der Waals surface area (Å²) in [6.45, 7) is 0.672. The summed E-state index contributed by atoms with van der Waals surface area (Å²) in [5, 5.41) is 6.10. The number of aliphatic imine (C=N–C) groups is 1. The van der Waals surface area contributed by atoms with Crippen molar-refractivity contribution in [2.24, 2.45) is 15.8 Å². The highest BCUT2D eigenvalue weighted by atomic mass is 16.2. The van der Waals surface area contributed by atoms with E-state index in [1.54, 1.807) is 29.2 Å². The molecule has 5 rings (SSSR count). The van der Waals surface area contributed by atoms with Crippen LogP contribution in [0.1, 0.15) is 65.1 Å². The molecule has 1 saturated carbocycles. The molecule has 1 aliphatic rings. The molecule has 0 heterocycles. The molecule has 218 valence electrons. The van der Waals surface area contributed by atoms with Gasteiger partial charge in [-0.3, -0.25) is 9.69 Å². The first-order valence-electron chi connectivity index (χ1n) is 14.7. The number of nitrogens with zero attached hydrogens (tertiary/aromatic N) is 3. The zero-order valence-corrected chi connectivity index (χ0v) is 24.1. The lowest BCUT2D eigenvalue weighted by Crippen LogP contribution is -2.39. The number of urea groups is 1. The molecule has 1 aliphatic carbocycles. The number of amides is 3. The Morgan fingerprint density at radius 3 is 2.21 bits per heavy atom. The monoisotopic (exact) mass is 572 g/mol. The van der Waals surface area contributed by atoms with Crippen LogP contribution in [-0.4, -0.2) is 17.9 Å².